The molecule has 0 saturated heterocycles. The van der Waals surface area contributed by atoms with Gasteiger partial charge in [-0.1, -0.05) is 6.07 Å². The summed E-state index contributed by atoms with van der Waals surface area (Å²) in [6.07, 6.45) is 0. The topological polar surface area (TPSA) is 32.3 Å². The summed E-state index contributed by atoms with van der Waals surface area (Å²) in [4.78, 5) is 15.2. The molecule has 0 radical (unpaired) electrons. The summed E-state index contributed by atoms with van der Waals surface area (Å²) in [5.74, 6) is 1.13. The number of nitrogens with zero attached hydrogens (tertiary/aromatic N) is 1. The van der Waals surface area contributed by atoms with Crippen molar-refractivity contribution in [1.29, 1.82) is 0 Å². The first-order valence-electron chi connectivity index (χ1n) is 5.82. The molecule has 4 heteroatoms. The van der Waals surface area contributed by atoms with Crippen LogP contribution in [0, 0.1) is 13.8 Å². The predicted molar refractivity (Wildman–Crippen MR) is 72.9 cm³/mol. The van der Waals surface area contributed by atoms with Crippen molar-refractivity contribution in [2.24, 2.45) is 0 Å². The highest BCUT2D eigenvalue weighted by molar-refractivity contribution is 7.99. The van der Waals surface area contributed by atoms with E-state index in [1.54, 1.807) is 7.05 Å². The summed E-state index contributed by atoms with van der Waals surface area (Å²) in [6, 6.07) is 4.29. The number of nitrogens with one attached hydrogen (secondary N) is 1. The van der Waals surface area contributed by atoms with Crippen LogP contribution in [0.1, 0.15) is 11.1 Å². The zero-order chi connectivity index (χ0) is 12.4. The molecule has 0 atom stereocenters. The van der Waals surface area contributed by atoms with Gasteiger partial charge in [0.1, 0.15) is 0 Å². The number of carbonyl (C=O) groups excluding carboxylic acids is 1. The first-order chi connectivity index (χ1) is 8.13. The summed E-state index contributed by atoms with van der Waals surface area (Å²) < 4.78 is 0. The van der Waals surface area contributed by atoms with E-state index >= 15 is 0 Å². The van der Waals surface area contributed by atoms with Crippen LogP contribution in [0.5, 0.6) is 0 Å². The first-order valence-corrected chi connectivity index (χ1v) is 6.81. The summed E-state index contributed by atoms with van der Waals surface area (Å²) in [6.45, 7) is 5.40. The molecule has 1 amide bonds. The Morgan fingerprint density at radius 3 is 2.94 bits per heavy atom. The molecular weight excluding hydrogens is 232 g/mol. The Bertz CT molecular complexity index is 445. The summed E-state index contributed by atoms with van der Waals surface area (Å²) in [7, 11) is 1.80. The normalized spacial score (nSPS) is 14.6. The molecule has 92 valence electrons. The third-order valence-corrected chi connectivity index (χ3v) is 4.09. The van der Waals surface area contributed by atoms with Crippen LogP contribution in [0.15, 0.2) is 17.0 Å². The number of aryl methyl sites for hydroxylation is 2. The van der Waals surface area contributed by atoms with Crippen LogP contribution >= 0.6 is 11.8 Å². The average molecular weight is 250 g/mol. The second-order valence-electron chi connectivity index (χ2n) is 4.35. The number of amides is 1. The largest absolute Gasteiger partial charge is 0.311 e. The van der Waals surface area contributed by atoms with Crippen LogP contribution in [0.2, 0.25) is 0 Å². The van der Waals surface area contributed by atoms with Crippen LogP contribution < -0.4 is 10.2 Å². The Hall–Kier alpha value is -1.00. The number of hydrogen-bond donors (Lipinski definition) is 1. The zero-order valence-corrected chi connectivity index (χ0v) is 11.4. The maximum atomic E-state index is 12.0. The quantitative estimate of drug-likeness (QED) is 0.871. The fraction of sp³-hybridized carbons (Fsp3) is 0.462. The van der Waals surface area contributed by atoms with Gasteiger partial charge in [0.2, 0.25) is 5.91 Å². The molecule has 1 N–H and O–H groups in total. The first kappa shape index (κ1) is 12.5. The molecule has 0 saturated carbocycles. The number of hydrogen-bond acceptors (Lipinski definition) is 3. The monoisotopic (exact) mass is 250 g/mol. The van der Waals surface area contributed by atoms with Gasteiger partial charge in [-0.15, -0.1) is 11.8 Å². The molecule has 1 aromatic rings. The highest BCUT2D eigenvalue weighted by Gasteiger charge is 2.23. The fourth-order valence-electron chi connectivity index (χ4n) is 2.19. The lowest BCUT2D eigenvalue weighted by Gasteiger charge is -2.30. The molecule has 1 aliphatic heterocycles. The van der Waals surface area contributed by atoms with Crippen LogP contribution in [0.3, 0.4) is 0 Å². The Kier molecular flexibility index (Phi) is 3.74. The lowest BCUT2D eigenvalue weighted by molar-refractivity contribution is -0.117. The van der Waals surface area contributed by atoms with Crippen molar-refractivity contribution in [3.63, 3.8) is 0 Å². The average Bonchev–Trinajstić information content (AvgIpc) is 2.28. The van der Waals surface area contributed by atoms with Gasteiger partial charge >= 0.3 is 0 Å². The SMILES string of the molecule is CNCC(=O)N1CCSc2c(C)cc(C)cc21. The van der Waals surface area contributed by atoms with Crippen molar-refractivity contribution < 1.29 is 4.79 Å². The minimum absolute atomic E-state index is 0.152. The molecule has 1 aliphatic rings. The number of benzene rings is 1. The molecule has 0 spiro atoms. The molecule has 0 aromatic heterocycles. The minimum Gasteiger partial charge on any atom is -0.311 e. The van der Waals surface area contributed by atoms with E-state index in [1.807, 2.05) is 16.7 Å². The number of likely N-dealkylation sites (N-methyl/N-ethyl adjacent to an activating group) is 1. The molecular formula is C13H18N2OS. The van der Waals surface area contributed by atoms with E-state index < -0.39 is 0 Å². The van der Waals surface area contributed by atoms with Crippen LogP contribution in [-0.2, 0) is 4.79 Å². The molecule has 3 nitrogen and oxygen atoms in total. The molecule has 1 aromatic carbocycles. The number of carbonyl (C=O) groups is 1. The van der Waals surface area contributed by atoms with E-state index in [1.165, 1.54) is 16.0 Å². The maximum absolute atomic E-state index is 12.0. The van der Waals surface area contributed by atoms with E-state index in [0.29, 0.717) is 6.54 Å². The van der Waals surface area contributed by atoms with Gasteiger partial charge in [-0.25, -0.2) is 0 Å². The smallest absolute Gasteiger partial charge is 0.240 e. The Morgan fingerprint density at radius 1 is 1.47 bits per heavy atom. The molecule has 0 fully saturated rings. The standard InChI is InChI=1S/C13H18N2OS/c1-9-6-10(2)13-11(7-9)15(4-5-17-13)12(16)8-14-3/h6-7,14H,4-5,8H2,1-3H3. The van der Waals surface area contributed by atoms with E-state index in [-0.39, 0.29) is 5.91 Å². The molecule has 0 bridgehead atoms. The molecule has 0 unspecified atom stereocenters. The fourth-order valence-corrected chi connectivity index (χ4v) is 3.27. The number of anilines is 1. The van der Waals surface area contributed by atoms with Crippen molar-refractivity contribution >= 4 is 23.4 Å². The van der Waals surface area contributed by atoms with Gasteiger partial charge in [0.25, 0.3) is 0 Å². The third kappa shape index (κ3) is 2.48. The van der Waals surface area contributed by atoms with Gasteiger partial charge < -0.3 is 10.2 Å². The van der Waals surface area contributed by atoms with E-state index in [9.17, 15) is 4.79 Å². The lowest BCUT2D eigenvalue weighted by Crippen LogP contribution is -2.40. The molecule has 17 heavy (non-hydrogen) atoms. The van der Waals surface area contributed by atoms with E-state index in [2.05, 4.69) is 31.3 Å². The van der Waals surface area contributed by atoms with Gasteiger partial charge in [0, 0.05) is 17.2 Å². The van der Waals surface area contributed by atoms with Gasteiger partial charge in [-0.2, -0.15) is 0 Å². The van der Waals surface area contributed by atoms with Crippen molar-refractivity contribution in [2.45, 2.75) is 18.7 Å². The zero-order valence-electron chi connectivity index (χ0n) is 10.5. The van der Waals surface area contributed by atoms with Gasteiger partial charge in [-0.3, -0.25) is 4.79 Å². The van der Waals surface area contributed by atoms with Gasteiger partial charge in [0.15, 0.2) is 0 Å². The van der Waals surface area contributed by atoms with Crippen LogP contribution in [0.25, 0.3) is 0 Å². The van der Waals surface area contributed by atoms with E-state index in [4.69, 9.17) is 0 Å². The summed E-state index contributed by atoms with van der Waals surface area (Å²) in [5, 5.41) is 2.93. The Morgan fingerprint density at radius 2 is 2.24 bits per heavy atom. The predicted octanol–water partition coefficient (Wildman–Crippen LogP) is 1.96. The Balaban J connectivity index is 2.40. The van der Waals surface area contributed by atoms with Crippen molar-refractivity contribution in [3.05, 3.63) is 23.3 Å². The number of fused-ring (bicyclic) bond motifs is 1. The molecule has 2 rings (SSSR count). The van der Waals surface area contributed by atoms with Crippen LogP contribution in [-0.4, -0.2) is 31.8 Å². The third-order valence-electron chi connectivity index (χ3n) is 2.88. The highest BCUT2D eigenvalue weighted by Crippen LogP contribution is 2.38. The number of thioether (sulfide) groups is 1. The summed E-state index contributed by atoms with van der Waals surface area (Å²) in [5.41, 5.74) is 3.57. The number of rotatable bonds is 2. The highest BCUT2D eigenvalue weighted by atomic mass is 32.2. The molecule has 0 aliphatic carbocycles. The van der Waals surface area contributed by atoms with Crippen molar-refractivity contribution in [3.8, 4) is 0 Å². The maximum Gasteiger partial charge on any atom is 0.240 e. The van der Waals surface area contributed by atoms with Crippen molar-refractivity contribution in [2.75, 3.05) is 30.8 Å². The van der Waals surface area contributed by atoms with Crippen molar-refractivity contribution in [1.82, 2.24) is 5.32 Å². The summed E-state index contributed by atoms with van der Waals surface area (Å²) >= 11 is 1.85. The van der Waals surface area contributed by atoms with Crippen LogP contribution in [0.4, 0.5) is 5.69 Å². The van der Waals surface area contributed by atoms with Gasteiger partial charge in [-0.05, 0) is 38.1 Å². The second-order valence-corrected chi connectivity index (χ2v) is 5.46. The van der Waals surface area contributed by atoms with E-state index in [0.717, 1.165) is 18.0 Å². The minimum atomic E-state index is 0.152. The van der Waals surface area contributed by atoms with Gasteiger partial charge in [0.05, 0.1) is 12.2 Å². The molecule has 1 heterocycles. The lowest BCUT2D eigenvalue weighted by atomic mass is 10.1. The second kappa shape index (κ2) is 5.10. The Labute approximate surface area is 107 Å².